The molecule has 2 rings (SSSR count). The molecule has 0 radical (unpaired) electrons. The molecule has 0 aliphatic carbocycles. The topological polar surface area (TPSA) is 37.3 Å². The van der Waals surface area contributed by atoms with Gasteiger partial charge in [-0.2, -0.15) is 0 Å². The van der Waals surface area contributed by atoms with Gasteiger partial charge in [-0.3, -0.25) is 0 Å². The standard InChI is InChI=1S/C14H12O2/c1-10-6-8-11(9-7-10)12-4-2-3-5-13(12)14(15)16/h2-9H,1H3,(H,15,16). The van der Waals surface area contributed by atoms with Gasteiger partial charge in [0.1, 0.15) is 0 Å². The van der Waals surface area contributed by atoms with Gasteiger partial charge in [0.05, 0.1) is 5.56 Å². The summed E-state index contributed by atoms with van der Waals surface area (Å²) in [7, 11) is 0. The smallest absolute Gasteiger partial charge is 0.336 e. The number of carboxylic acids is 1. The fourth-order valence-electron chi connectivity index (χ4n) is 1.65. The van der Waals surface area contributed by atoms with Crippen molar-refractivity contribution in [3.8, 4) is 11.1 Å². The lowest BCUT2D eigenvalue weighted by Crippen LogP contribution is -1.98. The Morgan fingerprint density at radius 3 is 2.25 bits per heavy atom. The lowest BCUT2D eigenvalue weighted by atomic mass is 9.99. The molecule has 0 fully saturated rings. The minimum absolute atomic E-state index is 0.339. The molecule has 0 saturated carbocycles. The number of benzene rings is 2. The second kappa shape index (κ2) is 4.19. The van der Waals surface area contributed by atoms with Crippen molar-refractivity contribution >= 4 is 5.97 Å². The number of aryl methyl sites for hydroxylation is 1. The summed E-state index contributed by atoms with van der Waals surface area (Å²) in [4.78, 5) is 11.1. The van der Waals surface area contributed by atoms with E-state index in [0.717, 1.165) is 16.7 Å². The monoisotopic (exact) mass is 212 g/mol. The van der Waals surface area contributed by atoms with Gasteiger partial charge in [-0.15, -0.1) is 0 Å². The third-order valence-corrected chi connectivity index (χ3v) is 2.52. The number of aromatic carboxylic acids is 1. The number of carboxylic acid groups (broad SMARTS) is 1. The average molecular weight is 212 g/mol. The Bertz CT molecular complexity index is 513. The lowest BCUT2D eigenvalue weighted by Gasteiger charge is -2.06. The first-order valence-corrected chi connectivity index (χ1v) is 5.08. The zero-order valence-corrected chi connectivity index (χ0v) is 8.97. The zero-order chi connectivity index (χ0) is 11.5. The molecule has 80 valence electrons. The molecule has 2 nitrogen and oxygen atoms in total. The first-order chi connectivity index (χ1) is 7.68. The maximum atomic E-state index is 11.1. The summed E-state index contributed by atoms with van der Waals surface area (Å²) in [6.45, 7) is 2.01. The zero-order valence-electron chi connectivity index (χ0n) is 8.97. The minimum Gasteiger partial charge on any atom is -0.478 e. The van der Waals surface area contributed by atoms with Crippen LogP contribution in [0, 0.1) is 6.92 Å². The molecule has 0 spiro atoms. The van der Waals surface area contributed by atoms with E-state index >= 15 is 0 Å². The molecule has 0 aliphatic heterocycles. The first kappa shape index (κ1) is 10.4. The Morgan fingerprint density at radius 2 is 1.62 bits per heavy atom. The van der Waals surface area contributed by atoms with Crippen LogP contribution in [0.4, 0.5) is 0 Å². The van der Waals surface area contributed by atoms with Crippen LogP contribution in [0.3, 0.4) is 0 Å². The molecule has 0 amide bonds. The van der Waals surface area contributed by atoms with Gasteiger partial charge >= 0.3 is 5.97 Å². The van der Waals surface area contributed by atoms with E-state index in [-0.39, 0.29) is 0 Å². The largest absolute Gasteiger partial charge is 0.478 e. The van der Waals surface area contributed by atoms with Crippen LogP contribution in [-0.4, -0.2) is 11.1 Å². The van der Waals surface area contributed by atoms with E-state index in [1.807, 2.05) is 43.3 Å². The molecule has 0 unspecified atom stereocenters. The second-order valence-electron chi connectivity index (χ2n) is 3.72. The van der Waals surface area contributed by atoms with Crippen molar-refractivity contribution in [2.45, 2.75) is 6.92 Å². The number of rotatable bonds is 2. The Balaban J connectivity index is 2.55. The molecule has 16 heavy (non-hydrogen) atoms. The van der Waals surface area contributed by atoms with Crippen molar-refractivity contribution in [3.05, 3.63) is 59.7 Å². The molecule has 0 atom stereocenters. The van der Waals surface area contributed by atoms with Crippen LogP contribution in [0.5, 0.6) is 0 Å². The van der Waals surface area contributed by atoms with Crippen molar-refractivity contribution in [2.24, 2.45) is 0 Å². The van der Waals surface area contributed by atoms with Gasteiger partial charge in [0.2, 0.25) is 0 Å². The predicted molar refractivity (Wildman–Crippen MR) is 63.6 cm³/mol. The first-order valence-electron chi connectivity index (χ1n) is 5.08. The minimum atomic E-state index is -0.892. The summed E-state index contributed by atoms with van der Waals surface area (Å²) in [5.74, 6) is -0.892. The van der Waals surface area contributed by atoms with Crippen LogP contribution in [0.2, 0.25) is 0 Å². The predicted octanol–water partition coefficient (Wildman–Crippen LogP) is 3.36. The molecule has 0 heterocycles. The van der Waals surface area contributed by atoms with E-state index < -0.39 is 5.97 Å². The van der Waals surface area contributed by atoms with Gasteiger partial charge in [-0.25, -0.2) is 4.79 Å². The van der Waals surface area contributed by atoms with Crippen LogP contribution in [0.25, 0.3) is 11.1 Å². The fourth-order valence-corrected chi connectivity index (χ4v) is 1.65. The average Bonchev–Trinajstić information content (AvgIpc) is 2.30. The van der Waals surface area contributed by atoms with Gasteiger partial charge in [0, 0.05) is 0 Å². The van der Waals surface area contributed by atoms with E-state index in [4.69, 9.17) is 5.11 Å². The van der Waals surface area contributed by atoms with Crippen LogP contribution >= 0.6 is 0 Å². The molecular formula is C14H12O2. The highest BCUT2D eigenvalue weighted by molar-refractivity contribution is 5.95. The van der Waals surface area contributed by atoms with Crippen molar-refractivity contribution in [1.29, 1.82) is 0 Å². The fraction of sp³-hybridized carbons (Fsp3) is 0.0714. The third kappa shape index (κ3) is 1.96. The van der Waals surface area contributed by atoms with Crippen molar-refractivity contribution in [2.75, 3.05) is 0 Å². The molecule has 2 aromatic carbocycles. The normalized spacial score (nSPS) is 10.1. The summed E-state index contributed by atoms with van der Waals surface area (Å²) in [6.07, 6.45) is 0. The second-order valence-corrected chi connectivity index (χ2v) is 3.72. The van der Waals surface area contributed by atoms with Crippen LogP contribution < -0.4 is 0 Å². The van der Waals surface area contributed by atoms with Crippen LogP contribution in [-0.2, 0) is 0 Å². The van der Waals surface area contributed by atoms with E-state index in [0.29, 0.717) is 5.56 Å². The molecule has 2 aromatic rings. The Morgan fingerprint density at radius 1 is 1.00 bits per heavy atom. The molecule has 1 N–H and O–H groups in total. The molecule has 0 saturated heterocycles. The maximum Gasteiger partial charge on any atom is 0.336 e. The van der Waals surface area contributed by atoms with Crippen LogP contribution in [0.15, 0.2) is 48.5 Å². The lowest BCUT2D eigenvalue weighted by molar-refractivity contribution is 0.0698. The quantitative estimate of drug-likeness (QED) is 0.828. The highest BCUT2D eigenvalue weighted by Gasteiger charge is 2.09. The van der Waals surface area contributed by atoms with Gasteiger partial charge in [0.15, 0.2) is 0 Å². The van der Waals surface area contributed by atoms with Crippen molar-refractivity contribution < 1.29 is 9.90 Å². The number of hydrogen-bond donors (Lipinski definition) is 1. The Hall–Kier alpha value is -2.09. The van der Waals surface area contributed by atoms with E-state index in [1.54, 1.807) is 12.1 Å². The summed E-state index contributed by atoms with van der Waals surface area (Å²) in [5, 5.41) is 9.08. The van der Waals surface area contributed by atoms with Crippen LogP contribution in [0.1, 0.15) is 15.9 Å². The van der Waals surface area contributed by atoms with E-state index in [2.05, 4.69) is 0 Å². The highest BCUT2D eigenvalue weighted by atomic mass is 16.4. The summed E-state index contributed by atoms with van der Waals surface area (Å²) >= 11 is 0. The SMILES string of the molecule is Cc1ccc(-c2ccccc2C(=O)O)cc1. The highest BCUT2D eigenvalue weighted by Crippen LogP contribution is 2.23. The van der Waals surface area contributed by atoms with Gasteiger partial charge in [-0.05, 0) is 24.1 Å². The Labute approximate surface area is 94.2 Å². The van der Waals surface area contributed by atoms with Gasteiger partial charge < -0.3 is 5.11 Å². The van der Waals surface area contributed by atoms with E-state index in [9.17, 15) is 4.79 Å². The maximum absolute atomic E-state index is 11.1. The van der Waals surface area contributed by atoms with Gasteiger partial charge in [0.25, 0.3) is 0 Å². The third-order valence-electron chi connectivity index (χ3n) is 2.52. The molecule has 0 bridgehead atoms. The van der Waals surface area contributed by atoms with Gasteiger partial charge in [-0.1, -0.05) is 48.0 Å². The molecule has 0 aromatic heterocycles. The summed E-state index contributed by atoms with van der Waals surface area (Å²) < 4.78 is 0. The van der Waals surface area contributed by atoms with Crippen molar-refractivity contribution in [3.63, 3.8) is 0 Å². The van der Waals surface area contributed by atoms with Crippen molar-refractivity contribution in [1.82, 2.24) is 0 Å². The summed E-state index contributed by atoms with van der Waals surface area (Å²) in [6, 6.07) is 14.9. The Kier molecular flexibility index (Phi) is 2.73. The molecule has 2 heteroatoms. The number of carbonyl (C=O) groups is 1. The molecular weight excluding hydrogens is 200 g/mol. The number of hydrogen-bond acceptors (Lipinski definition) is 1. The summed E-state index contributed by atoms with van der Waals surface area (Å²) in [5.41, 5.74) is 3.20. The molecule has 0 aliphatic rings. The van der Waals surface area contributed by atoms with E-state index in [1.165, 1.54) is 0 Å².